The molecule has 19 heavy (non-hydrogen) atoms. The summed E-state index contributed by atoms with van der Waals surface area (Å²) in [7, 11) is 1.87. The third-order valence-electron chi connectivity index (χ3n) is 4.12. The minimum absolute atomic E-state index is 0.111. The number of halogens is 1. The summed E-state index contributed by atoms with van der Waals surface area (Å²) >= 11 is 5.96. The maximum atomic E-state index is 5.96. The molecule has 3 rings (SSSR count). The van der Waals surface area contributed by atoms with Crippen molar-refractivity contribution in [2.24, 2.45) is 0 Å². The van der Waals surface area contributed by atoms with Gasteiger partial charge in [-0.3, -0.25) is 0 Å². The molecule has 1 aliphatic carbocycles. The molecule has 4 heteroatoms. The summed E-state index contributed by atoms with van der Waals surface area (Å²) in [4.78, 5) is 0. The molecule has 1 N–H and O–H groups in total. The molecule has 1 aromatic carbocycles. The third-order valence-corrected chi connectivity index (χ3v) is 4.37. The molecule has 0 radical (unpaired) electrons. The van der Waals surface area contributed by atoms with Gasteiger partial charge in [0.15, 0.2) is 0 Å². The Morgan fingerprint density at radius 2 is 2.05 bits per heavy atom. The quantitative estimate of drug-likeness (QED) is 0.906. The van der Waals surface area contributed by atoms with E-state index in [4.69, 9.17) is 16.1 Å². The monoisotopic (exact) mass is 276 g/mol. The molecule has 1 aromatic heterocycles. The summed E-state index contributed by atoms with van der Waals surface area (Å²) in [5.41, 5.74) is 3.73. The molecule has 1 unspecified atom stereocenters. The third kappa shape index (κ3) is 2.12. The van der Waals surface area contributed by atoms with Crippen molar-refractivity contribution in [3.63, 3.8) is 0 Å². The summed E-state index contributed by atoms with van der Waals surface area (Å²) in [6.07, 6.45) is 3.00. The molecule has 1 aliphatic rings. The predicted molar refractivity (Wildman–Crippen MR) is 76.9 cm³/mol. The standard InChI is InChI=1S/C15H17ClN2O/c1-15(10-3-5-11(16)6-4-10)8-7-12-13(9-15)18-19-14(12)17-2/h3-6,17H,7-9H2,1-2H3. The van der Waals surface area contributed by atoms with E-state index in [-0.39, 0.29) is 5.41 Å². The second-order valence-electron chi connectivity index (χ2n) is 5.43. The highest BCUT2D eigenvalue weighted by Crippen LogP contribution is 2.40. The van der Waals surface area contributed by atoms with Gasteiger partial charge in [-0.2, -0.15) is 0 Å². The maximum Gasteiger partial charge on any atom is 0.227 e. The van der Waals surface area contributed by atoms with Crippen LogP contribution < -0.4 is 5.32 Å². The Hall–Kier alpha value is -1.48. The van der Waals surface area contributed by atoms with E-state index >= 15 is 0 Å². The van der Waals surface area contributed by atoms with Crippen LogP contribution in [0, 0.1) is 0 Å². The van der Waals surface area contributed by atoms with Gasteiger partial charge in [-0.1, -0.05) is 35.8 Å². The maximum absolute atomic E-state index is 5.96. The fourth-order valence-corrected chi connectivity index (χ4v) is 3.02. The minimum atomic E-state index is 0.111. The number of rotatable bonds is 2. The van der Waals surface area contributed by atoms with E-state index in [2.05, 4.69) is 29.5 Å². The van der Waals surface area contributed by atoms with E-state index in [1.165, 1.54) is 11.1 Å². The van der Waals surface area contributed by atoms with Gasteiger partial charge in [-0.25, -0.2) is 0 Å². The molecule has 0 saturated heterocycles. The first-order chi connectivity index (χ1) is 9.12. The summed E-state index contributed by atoms with van der Waals surface area (Å²) < 4.78 is 5.33. The number of nitrogens with one attached hydrogen (secondary N) is 1. The number of hydrogen-bond acceptors (Lipinski definition) is 3. The molecular formula is C15H17ClN2O. The fourth-order valence-electron chi connectivity index (χ4n) is 2.89. The average Bonchev–Trinajstić information content (AvgIpc) is 2.81. The first-order valence-electron chi connectivity index (χ1n) is 6.53. The molecule has 2 aromatic rings. The second-order valence-corrected chi connectivity index (χ2v) is 5.87. The first-order valence-corrected chi connectivity index (χ1v) is 6.91. The number of benzene rings is 1. The number of anilines is 1. The molecule has 0 aliphatic heterocycles. The lowest BCUT2D eigenvalue weighted by atomic mass is 9.70. The van der Waals surface area contributed by atoms with Gasteiger partial charge in [0.25, 0.3) is 0 Å². The van der Waals surface area contributed by atoms with Crippen LogP contribution in [0.5, 0.6) is 0 Å². The molecule has 0 bridgehead atoms. The van der Waals surface area contributed by atoms with Gasteiger partial charge >= 0.3 is 0 Å². The molecule has 100 valence electrons. The molecular weight excluding hydrogens is 260 g/mol. The number of hydrogen-bond donors (Lipinski definition) is 1. The normalized spacial score (nSPS) is 22.1. The Balaban J connectivity index is 1.93. The number of nitrogens with zero attached hydrogens (tertiary/aromatic N) is 1. The van der Waals surface area contributed by atoms with Crippen molar-refractivity contribution < 1.29 is 4.52 Å². The first kappa shape index (κ1) is 12.5. The Bertz CT molecular complexity index is 591. The van der Waals surface area contributed by atoms with Gasteiger partial charge < -0.3 is 9.84 Å². The zero-order valence-corrected chi connectivity index (χ0v) is 11.9. The van der Waals surface area contributed by atoms with E-state index in [0.29, 0.717) is 0 Å². The molecule has 3 nitrogen and oxygen atoms in total. The van der Waals surface area contributed by atoms with Crippen LogP contribution in [0.25, 0.3) is 0 Å². The molecule has 1 heterocycles. The summed E-state index contributed by atoms with van der Waals surface area (Å²) in [6, 6.07) is 8.15. The highest BCUT2D eigenvalue weighted by Gasteiger charge is 2.35. The molecule has 0 fully saturated rings. The van der Waals surface area contributed by atoms with Gasteiger partial charge in [0.2, 0.25) is 5.88 Å². The van der Waals surface area contributed by atoms with Gasteiger partial charge in [0, 0.05) is 24.1 Å². The van der Waals surface area contributed by atoms with Crippen LogP contribution in [-0.2, 0) is 18.3 Å². The van der Waals surface area contributed by atoms with Gasteiger partial charge in [-0.05, 0) is 36.0 Å². The van der Waals surface area contributed by atoms with E-state index in [0.717, 1.165) is 35.9 Å². The number of aromatic nitrogens is 1. The van der Waals surface area contributed by atoms with Crippen molar-refractivity contribution in [3.8, 4) is 0 Å². The zero-order valence-electron chi connectivity index (χ0n) is 11.2. The molecule has 0 saturated carbocycles. The average molecular weight is 277 g/mol. The summed E-state index contributed by atoms with van der Waals surface area (Å²) in [5.74, 6) is 0.813. The Morgan fingerprint density at radius 3 is 2.74 bits per heavy atom. The van der Waals surface area contributed by atoms with E-state index in [9.17, 15) is 0 Å². The van der Waals surface area contributed by atoms with Crippen molar-refractivity contribution >= 4 is 17.5 Å². The van der Waals surface area contributed by atoms with Crippen molar-refractivity contribution in [1.29, 1.82) is 0 Å². The van der Waals surface area contributed by atoms with Crippen LogP contribution >= 0.6 is 11.6 Å². The Labute approximate surface area is 117 Å². The Morgan fingerprint density at radius 1 is 1.32 bits per heavy atom. The Kier molecular flexibility index (Phi) is 3.02. The van der Waals surface area contributed by atoms with E-state index in [1.807, 2.05) is 19.2 Å². The fraction of sp³-hybridized carbons (Fsp3) is 0.400. The second kappa shape index (κ2) is 4.57. The SMILES string of the molecule is CNc1onc2c1CCC(C)(c1ccc(Cl)cc1)C2. The summed E-state index contributed by atoms with van der Waals surface area (Å²) in [6.45, 7) is 2.28. The van der Waals surface area contributed by atoms with Crippen LogP contribution in [0.2, 0.25) is 5.02 Å². The van der Waals surface area contributed by atoms with E-state index < -0.39 is 0 Å². The summed E-state index contributed by atoms with van der Waals surface area (Å²) in [5, 5.41) is 8.05. The zero-order chi connectivity index (χ0) is 13.5. The lowest BCUT2D eigenvalue weighted by Crippen LogP contribution is -2.30. The highest BCUT2D eigenvalue weighted by molar-refractivity contribution is 6.30. The van der Waals surface area contributed by atoms with Crippen LogP contribution in [0.1, 0.15) is 30.2 Å². The van der Waals surface area contributed by atoms with Gasteiger partial charge in [0.05, 0.1) is 5.69 Å². The lowest BCUT2D eigenvalue weighted by molar-refractivity contribution is 0.384. The highest BCUT2D eigenvalue weighted by atomic mass is 35.5. The lowest BCUT2D eigenvalue weighted by Gasteiger charge is -2.33. The van der Waals surface area contributed by atoms with Crippen molar-refractivity contribution in [2.75, 3.05) is 12.4 Å². The van der Waals surface area contributed by atoms with Crippen LogP contribution in [0.15, 0.2) is 28.8 Å². The largest absolute Gasteiger partial charge is 0.357 e. The van der Waals surface area contributed by atoms with E-state index in [1.54, 1.807) is 0 Å². The van der Waals surface area contributed by atoms with Crippen molar-refractivity contribution in [2.45, 2.75) is 31.6 Å². The smallest absolute Gasteiger partial charge is 0.227 e. The van der Waals surface area contributed by atoms with Crippen molar-refractivity contribution in [3.05, 3.63) is 46.1 Å². The van der Waals surface area contributed by atoms with Crippen LogP contribution in [-0.4, -0.2) is 12.2 Å². The minimum Gasteiger partial charge on any atom is -0.357 e. The van der Waals surface area contributed by atoms with Crippen LogP contribution in [0.4, 0.5) is 5.88 Å². The molecule has 0 amide bonds. The molecule has 0 spiro atoms. The predicted octanol–water partition coefficient (Wildman–Crippen LogP) is 3.82. The molecule has 1 atom stereocenters. The van der Waals surface area contributed by atoms with Crippen LogP contribution in [0.3, 0.4) is 0 Å². The van der Waals surface area contributed by atoms with Gasteiger partial charge in [-0.15, -0.1) is 0 Å². The topological polar surface area (TPSA) is 38.1 Å². The van der Waals surface area contributed by atoms with Crippen molar-refractivity contribution in [1.82, 2.24) is 5.16 Å². The number of fused-ring (bicyclic) bond motifs is 1. The van der Waals surface area contributed by atoms with Gasteiger partial charge in [0.1, 0.15) is 0 Å².